The molecule has 2 rings (SSSR count). The van der Waals surface area contributed by atoms with Crippen molar-refractivity contribution in [3.8, 4) is 5.75 Å². The molecule has 0 aliphatic heterocycles. The second-order valence-electron chi connectivity index (χ2n) is 4.91. The van der Waals surface area contributed by atoms with E-state index in [-0.39, 0.29) is 6.61 Å². The molecule has 2 N–H and O–H groups in total. The Morgan fingerprint density at radius 1 is 1.32 bits per heavy atom. The summed E-state index contributed by atoms with van der Waals surface area (Å²) < 4.78 is 5.49. The van der Waals surface area contributed by atoms with Crippen molar-refractivity contribution in [2.75, 3.05) is 13.2 Å². The van der Waals surface area contributed by atoms with Crippen molar-refractivity contribution in [1.29, 1.82) is 0 Å². The van der Waals surface area contributed by atoms with Crippen LogP contribution in [0.1, 0.15) is 25.7 Å². The highest BCUT2D eigenvalue weighted by Gasteiger charge is 2.16. The van der Waals surface area contributed by atoms with Gasteiger partial charge >= 0.3 is 0 Å². The van der Waals surface area contributed by atoms with E-state index in [0.29, 0.717) is 28.4 Å². The van der Waals surface area contributed by atoms with E-state index in [9.17, 15) is 5.11 Å². The highest BCUT2D eigenvalue weighted by Crippen LogP contribution is 2.31. The van der Waals surface area contributed by atoms with E-state index in [1.807, 2.05) is 0 Å². The number of nitrogens with one attached hydrogen (secondary N) is 1. The first-order chi connectivity index (χ1) is 9.16. The fourth-order valence-corrected chi connectivity index (χ4v) is 2.62. The zero-order valence-corrected chi connectivity index (χ0v) is 12.3. The van der Waals surface area contributed by atoms with Gasteiger partial charge in [0.25, 0.3) is 0 Å². The maximum absolute atomic E-state index is 9.87. The number of hydrogen-bond donors (Lipinski definition) is 2. The van der Waals surface area contributed by atoms with Crippen LogP contribution in [0.5, 0.6) is 5.75 Å². The van der Waals surface area contributed by atoms with E-state index < -0.39 is 6.10 Å². The average Bonchev–Trinajstić information content (AvgIpc) is 2.91. The number of hydrogen-bond acceptors (Lipinski definition) is 3. The van der Waals surface area contributed by atoms with E-state index in [1.54, 1.807) is 18.2 Å². The van der Waals surface area contributed by atoms with Crippen LogP contribution in [0, 0.1) is 0 Å². The highest BCUT2D eigenvalue weighted by molar-refractivity contribution is 6.42. The van der Waals surface area contributed by atoms with Gasteiger partial charge in [0.1, 0.15) is 23.5 Å². The van der Waals surface area contributed by atoms with Crippen LogP contribution in [0.3, 0.4) is 0 Å². The Bertz CT molecular complexity index is 408. The van der Waals surface area contributed by atoms with E-state index in [0.717, 1.165) is 0 Å². The second-order valence-corrected chi connectivity index (χ2v) is 5.69. The minimum Gasteiger partial charge on any atom is -0.489 e. The highest BCUT2D eigenvalue weighted by atomic mass is 35.5. The third-order valence-electron chi connectivity index (χ3n) is 3.34. The first kappa shape index (κ1) is 14.9. The van der Waals surface area contributed by atoms with Gasteiger partial charge in [-0.3, -0.25) is 0 Å². The Morgan fingerprint density at radius 3 is 2.79 bits per heavy atom. The number of rotatable bonds is 6. The fourth-order valence-electron chi connectivity index (χ4n) is 2.27. The minimum absolute atomic E-state index is 0.208. The lowest BCUT2D eigenvalue weighted by Crippen LogP contribution is -2.36. The van der Waals surface area contributed by atoms with E-state index >= 15 is 0 Å². The molecule has 5 heteroatoms. The lowest BCUT2D eigenvalue weighted by atomic mass is 10.2. The summed E-state index contributed by atoms with van der Waals surface area (Å²) in [7, 11) is 0. The lowest BCUT2D eigenvalue weighted by Gasteiger charge is -2.17. The molecule has 1 aromatic rings. The summed E-state index contributed by atoms with van der Waals surface area (Å²) in [5.41, 5.74) is 0. The fraction of sp³-hybridized carbons (Fsp3) is 0.571. The molecular weight excluding hydrogens is 285 g/mol. The van der Waals surface area contributed by atoms with Gasteiger partial charge in [-0.2, -0.15) is 0 Å². The normalized spacial score (nSPS) is 17.6. The lowest BCUT2D eigenvalue weighted by molar-refractivity contribution is 0.104. The van der Waals surface area contributed by atoms with Gasteiger partial charge in [0.2, 0.25) is 0 Å². The Labute approximate surface area is 123 Å². The third kappa shape index (κ3) is 4.53. The number of ether oxygens (including phenoxy) is 1. The predicted molar refractivity (Wildman–Crippen MR) is 78.2 cm³/mol. The first-order valence-corrected chi connectivity index (χ1v) is 7.40. The molecule has 1 fully saturated rings. The van der Waals surface area contributed by atoms with Crippen molar-refractivity contribution < 1.29 is 9.84 Å². The molecule has 1 atom stereocenters. The van der Waals surface area contributed by atoms with Crippen LogP contribution < -0.4 is 10.1 Å². The maximum atomic E-state index is 9.87. The smallest absolute Gasteiger partial charge is 0.139 e. The van der Waals surface area contributed by atoms with E-state index in [1.165, 1.54) is 25.7 Å². The van der Waals surface area contributed by atoms with E-state index in [4.69, 9.17) is 27.9 Å². The molecule has 0 radical (unpaired) electrons. The van der Waals surface area contributed by atoms with Crippen molar-refractivity contribution in [3.63, 3.8) is 0 Å². The summed E-state index contributed by atoms with van der Waals surface area (Å²) in [6.07, 6.45) is 4.42. The van der Waals surface area contributed by atoms with Gasteiger partial charge in [-0.25, -0.2) is 0 Å². The van der Waals surface area contributed by atoms with Crippen LogP contribution in [-0.2, 0) is 0 Å². The van der Waals surface area contributed by atoms with Crippen LogP contribution in [0.25, 0.3) is 0 Å². The monoisotopic (exact) mass is 303 g/mol. The number of aliphatic hydroxyl groups excluding tert-OH is 1. The van der Waals surface area contributed by atoms with Gasteiger partial charge in [0.15, 0.2) is 0 Å². The average molecular weight is 304 g/mol. The second kappa shape index (κ2) is 7.34. The van der Waals surface area contributed by atoms with Crippen molar-refractivity contribution in [1.82, 2.24) is 5.32 Å². The third-order valence-corrected chi connectivity index (χ3v) is 4.15. The van der Waals surface area contributed by atoms with Crippen molar-refractivity contribution in [3.05, 3.63) is 28.2 Å². The predicted octanol–water partition coefficient (Wildman–Crippen LogP) is 3.27. The van der Waals surface area contributed by atoms with Crippen molar-refractivity contribution in [2.45, 2.75) is 37.8 Å². The SMILES string of the molecule is OC(CNC1CCCC1)COc1cccc(Cl)c1Cl. The van der Waals surface area contributed by atoms with Crippen LogP contribution in [0.4, 0.5) is 0 Å². The summed E-state index contributed by atoms with van der Waals surface area (Å²) in [6, 6.07) is 5.76. The maximum Gasteiger partial charge on any atom is 0.139 e. The molecule has 19 heavy (non-hydrogen) atoms. The molecule has 1 unspecified atom stereocenters. The van der Waals surface area contributed by atoms with Crippen molar-refractivity contribution in [2.24, 2.45) is 0 Å². The standard InChI is InChI=1S/C14H19Cl2NO2/c15-12-6-3-7-13(14(12)16)19-9-11(18)8-17-10-4-1-2-5-10/h3,6-7,10-11,17-18H,1-2,4-5,8-9H2. The van der Waals surface area contributed by atoms with Gasteiger partial charge in [0, 0.05) is 12.6 Å². The molecule has 1 aromatic carbocycles. The molecule has 1 saturated carbocycles. The summed E-state index contributed by atoms with van der Waals surface area (Å²) in [5, 5.41) is 14.1. The number of halogens is 2. The summed E-state index contributed by atoms with van der Waals surface area (Å²) in [4.78, 5) is 0. The molecule has 106 valence electrons. The number of aliphatic hydroxyl groups is 1. The van der Waals surface area contributed by atoms with Crippen LogP contribution in [0.15, 0.2) is 18.2 Å². The Hall–Kier alpha value is -0.480. The molecule has 3 nitrogen and oxygen atoms in total. The molecule has 0 bridgehead atoms. The van der Waals surface area contributed by atoms with Crippen molar-refractivity contribution >= 4 is 23.2 Å². The molecule has 0 saturated heterocycles. The van der Waals surface area contributed by atoms with E-state index in [2.05, 4.69) is 5.32 Å². The van der Waals surface area contributed by atoms with Crippen LogP contribution >= 0.6 is 23.2 Å². The van der Waals surface area contributed by atoms with Gasteiger partial charge in [0.05, 0.1) is 5.02 Å². The Balaban J connectivity index is 1.73. The quantitative estimate of drug-likeness (QED) is 0.847. The number of benzene rings is 1. The van der Waals surface area contributed by atoms with Crippen LogP contribution in [0.2, 0.25) is 10.0 Å². The first-order valence-electron chi connectivity index (χ1n) is 6.65. The zero-order valence-electron chi connectivity index (χ0n) is 10.7. The molecule has 0 aromatic heterocycles. The molecular formula is C14H19Cl2NO2. The summed E-state index contributed by atoms with van der Waals surface area (Å²) >= 11 is 11.9. The van der Waals surface area contributed by atoms with Gasteiger partial charge < -0.3 is 15.2 Å². The topological polar surface area (TPSA) is 41.5 Å². The molecule has 1 aliphatic rings. The summed E-state index contributed by atoms with van der Waals surface area (Å²) in [5.74, 6) is 0.508. The molecule has 0 spiro atoms. The molecule has 0 heterocycles. The van der Waals surface area contributed by atoms with Gasteiger partial charge in [-0.05, 0) is 25.0 Å². The zero-order chi connectivity index (χ0) is 13.7. The Kier molecular flexibility index (Phi) is 5.76. The molecule has 1 aliphatic carbocycles. The summed E-state index contributed by atoms with van der Waals surface area (Å²) in [6.45, 7) is 0.753. The van der Waals surface area contributed by atoms with Crippen LogP contribution in [-0.4, -0.2) is 30.4 Å². The minimum atomic E-state index is -0.546. The van der Waals surface area contributed by atoms with Gasteiger partial charge in [-0.15, -0.1) is 0 Å². The van der Waals surface area contributed by atoms with Gasteiger partial charge in [-0.1, -0.05) is 42.1 Å². The Morgan fingerprint density at radius 2 is 2.05 bits per heavy atom. The molecule has 0 amide bonds. The largest absolute Gasteiger partial charge is 0.489 e.